The second-order valence-corrected chi connectivity index (χ2v) is 8.88. The third kappa shape index (κ3) is 5.72. The molecule has 1 aromatic carbocycles. The topological polar surface area (TPSA) is 147 Å². The molecule has 0 unspecified atom stereocenters. The molecule has 0 radical (unpaired) electrons. The van der Waals surface area contributed by atoms with Gasteiger partial charge >= 0.3 is 0 Å². The van der Waals surface area contributed by atoms with E-state index in [0.29, 0.717) is 28.6 Å². The smallest absolute Gasteiger partial charge is 0.273 e. The van der Waals surface area contributed by atoms with Gasteiger partial charge in [0.15, 0.2) is 17.3 Å². The van der Waals surface area contributed by atoms with Crippen LogP contribution in [0.1, 0.15) is 39.2 Å². The van der Waals surface area contributed by atoms with Crippen molar-refractivity contribution in [1.29, 1.82) is 0 Å². The Hall–Kier alpha value is -4.06. The number of rotatable bonds is 9. The van der Waals surface area contributed by atoms with E-state index >= 15 is 0 Å². The molecule has 35 heavy (non-hydrogen) atoms. The van der Waals surface area contributed by atoms with Crippen molar-refractivity contribution in [3.8, 4) is 16.3 Å². The second-order valence-electron chi connectivity index (χ2n) is 7.76. The number of thiazole rings is 1. The standard InChI is InChI=1S/C23H25N7O4S/c1-12(31)25-10-14-11-26-23(35-14)15-5-4-6-16(20(15)34-3)27-17-9-18(28-21(32)13-7-8-13)29-30-19(17)22(33)24-2/h4-6,9,11,13H,7-8,10H2,1-3H3,(H,24,33)(H,25,31)(H2,27,28,29,32)/i2D3. The van der Waals surface area contributed by atoms with Crippen LogP contribution in [-0.2, 0) is 16.1 Å². The molecule has 1 aliphatic carbocycles. The molecule has 4 rings (SSSR count). The lowest BCUT2D eigenvalue weighted by Gasteiger charge is -2.16. The van der Waals surface area contributed by atoms with Gasteiger partial charge in [-0.2, -0.15) is 0 Å². The van der Waals surface area contributed by atoms with Gasteiger partial charge in [-0.3, -0.25) is 14.4 Å². The van der Waals surface area contributed by atoms with E-state index in [0.717, 1.165) is 17.7 Å². The fourth-order valence-corrected chi connectivity index (χ4v) is 4.12. The number of benzene rings is 1. The van der Waals surface area contributed by atoms with Crippen LogP contribution in [0.25, 0.3) is 10.6 Å². The predicted octanol–water partition coefficient (Wildman–Crippen LogP) is 2.70. The SMILES string of the molecule is [2H]C([2H])([2H])NC(=O)c1nnc(NC(=O)C2CC2)cc1Nc1cccc(-c2ncc(CNC(C)=O)s2)c1OC. The van der Waals surface area contributed by atoms with Crippen molar-refractivity contribution in [1.82, 2.24) is 25.8 Å². The summed E-state index contributed by atoms with van der Waals surface area (Å²) in [5, 5.41) is 18.8. The highest BCUT2D eigenvalue weighted by Crippen LogP contribution is 2.40. The lowest BCUT2D eigenvalue weighted by atomic mass is 10.1. The molecule has 2 aromatic heterocycles. The molecule has 0 aliphatic heterocycles. The van der Waals surface area contributed by atoms with Crippen LogP contribution in [-0.4, -0.2) is 47.0 Å². The Balaban J connectivity index is 1.68. The average Bonchev–Trinajstić information content (AvgIpc) is 3.59. The molecule has 1 saturated carbocycles. The number of hydrogen-bond donors (Lipinski definition) is 4. The van der Waals surface area contributed by atoms with Crippen LogP contribution in [0.5, 0.6) is 5.75 Å². The van der Waals surface area contributed by atoms with E-state index in [1.54, 1.807) is 24.4 Å². The van der Waals surface area contributed by atoms with E-state index in [2.05, 4.69) is 31.1 Å². The minimum atomic E-state index is -2.74. The Morgan fingerprint density at radius 3 is 2.77 bits per heavy atom. The van der Waals surface area contributed by atoms with Gasteiger partial charge in [0.2, 0.25) is 11.8 Å². The minimum absolute atomic E-state index is 0.0858. The quantitative estimate of drug-likeness (QED) is 0.352. The lowest BCUT2D eigenvalue weighted by Crippen LogP contribution is -2.22. The molecule has 1 aliphatic rings. The summed E-state index contributed by atoms with van der Waals surface area (Å²) in [5.74, 6) is -0.915. The molecule has 0 atom stereocenters. The number of carbonyl (C=O) groups is 3. The zero-order valence-electron chi connectivity index (χ0n) is 22.0. The molecule has 0 spiro atoms. The van der Waals surface area contributed by atoms with Gasteiger partial charge in [-0.25, -0.2) is 4.98 Å². The van der Waals surface area contributed by atoms with Crippen LogP contribution in [0.3, 0.4) is 0 Å². The molecule has 11 nitrogen and oxygen atoms in total. The number of hydrogen-bond acceptors (Lipinski definition) is 9. The Bertz CT molecular complexity index is 1380. The molecule has 2 heterocycles. The molecular weight excluding hydrogens is 470 g/mol. The van der Waals surface area contributed by atoms with Crippen molar-refractivity contribution >= 4 is 46.3 Å². The summed E-state index contributed by atoms with van der Waals surface area (Å²) in [6.07, 6.45) is 3.24. The molecular formula is C23H25N7O4S. The fourth-order valence-electron chi connectivity index (χ4n) is 3.24. The van der Waals surface area contributed by atoms with Gasteiger partial charge in [-0.05, 0) is 25.0 Å². The summed E-state index contributed by atoms with van der Waals surface area (Å²) >= 11 is 1.37. The Labute approximate surface area is 209 Å². The number of nitrogens with zero attached hydrogens (tertiary/aromatic N) is 3. The molecule has 0 bridgehead atoms. The van der Waals surface area contributed by atoms with E-state index in [1.807, 2.05) is 5.32 Å². The van der Waals surface area contributed by atoms with Crippen molar-refractivity contribution in [2.24, 2.45) is 5.92 Å². The van der Waals surface area contributed by atoms with Crippen molar-refractivity contribution < 1.29 is 23.2 Å². The first kappa shape index (κ1) is 20.3. The highest BCUT2D eigenvalue weighted by atomic mass is 32.1. The van der Waals surface area contributed by atoms with Gasteiger partial charge < -0.3 is 26.0 Å². The van der Waals surface area contributed by atoms with Crippen molar-refractivity contribution in [3.63, 3.8) is 0 Å². The van der Waals surface area contributed by atoms with Gasteiger partial charge in [0.1, 0.15) is 5.01 Å². The van der Waals surface area contributed by atoms with E-state index in [1.165, 1.54) is 31.4 Å². The van der Waals surface area contributed by atoms with E-state index in [9.17, 15) is 14.4 Å². The maximum Gasteiger partial charge on any atom is 0.273 e. The van der Waals surface area contributed by atoms with Crippen molar-refractivity contribution in [2.75, 3.05) is 24.7 Å². The summed E-state index contributed by atoms with van der Waals surface area (Å²) in [6.45, 7) is -0.969. The highest BCUT2D eigenvalue weighted by molar-refractivity contribution is 7.15. The van der Waals surface area contributed by atoms with Gasteiger partial charge in [0.25, 0.3) is 5.91 Å². The summed E-state index contributed by atoms with van der Waals surface area (Å²) in [4.78, 5) is 41.5. The number of aromatic nitrogens is 3. The number of amides is 3. The first-order valence-corrected chi connectivity index (χ1v) is 11.5. The first-order chi connectivity index (χ1) is 18.0. The van der Waals surface area contributed by atoms with E-state index < -0.39 is 12.9 Å². The molecule has 3 amide bonds. The van der Waals surface area contributed by atoms with Crippen LogP contribution in [0.4, 0.5) is 17.2 Å². The third-order valence-corrected chi connectivity index (χ3v) is 6.14. The zero-order chi connectivity index (χ0) is 27.4. The summed E-state index contributed by atoms with van der Waals surface area (Å²) in [6, 6.07) is 6.66. The van der Waals surface area contributed by atoms with Crippen molar-refractivity contribution in [2.45, 2.75) is 26.3 Å². The normalized spacial score (nSPS) is 14.2. The fraction of sp³-hybridized carbons (Fsp3) is 0.304. The summed E-state index contributed by atoms with van der Waals surface area (Å²) in [5.41, 5.74) is 0.895. The Kier molecular flexibility index (Phi) is 6.08. The number of carbonyl (C=O) groups excluding carboxylic acids is 3. The monoisotopic (exact) mass is 498 g/mol. The number of anilines is 3. The average molecular weight is 499 g/mol. The third-order valence-electron chi connectivity index (χ3n) is 5.11. The molecule has 1 fully saturated rings. The van der Waals surface area contributed by atoms with Crippen LogP contribution < -0.4 is 26.0 Å². The number of methoxy groups -OCH3 is 1. The lowest BCUT2D eigenvalue weighted by molar-refractivity contribution is -0.119. The molecule has 4 N–H and O–H groups in total. The van der Waals surface area contributed by atoms with E-state index in [4.69, 9.17) is 8.85 Å². The Morgan fingerprint density at radius 2 is 2.06 bits per heavy atom. The van der Waals surface area contributed by atoms with Crippen LogP contribution in [0.2, 0.25) is 0 Å². The summed E-state index contributed by atoms with van der Waals surface area (Å²) in [7, 11) is 1.48. The predicted molar refractivity (Wildman–Crippen MR) is 132 cm³/mol. The first-order valence-electron chi connectivity index (χ1n) is 12.2. The van der Waals surface area contributed by atoms with Gasteiger partial charge in [0, 0.05) is 41.1 Å². The molecule has 182 valence electrons. The Morgan fingerprint density at radius 1 is 1.23 bits per heavy atom. The van der Waals surface area contributed by atoms with E-state index in [-0.39, 0.29) is 34.9 Å². The molecule has 12 heteroatoms. The zero-order valence-corrected chi connectivity index (χ0v) is 19.8. The largest absolute Gasteiger partial charge is 0.494 e. The maximum absolute atomic E-state index is 12.7. The number of ether oxygens (including phenoxy) is 1. The summed E-state index contributed by atoms with van der Waals surface area (Å²) < 4.78 is 27.7. The maximum atomic E-state index is 12.7. The van der Waals surface area contributed by atoms with Crippen LogP contribution in [0, 0.1) is 5.92 Å². The van der Waals surface area contributed by atoms with Gasteiger partial charge in [-0.1, -0.05) is 6.07 Å². The minimum Gasteiger partial charge on any atom is -0.494 e. The highest BCUT2D eigenvalue weighted by Gasteiger charge is 2.30. The number of nitrogens with one attached hydrogen (secondary N) is 4. The van der Waals surface area contributed by atoms with Crippen LogP contribution in [0.15, 0.2) is 30.5 Å². The molecule has 0 saturated heterocycles. The van der Waals surface area contributed by atoms with Crippen molar-refractivity contribution in [3.05, 3.63) is 41.0 Å². The second kappa shape index (κ2) is 10.5. The van der Waals surface area contributed by atoms with Gasteiger partial charge in [0.05, 0.1) is 30.6 Å². The molecule has 3 aromatic rings. The number of para-hydroxylation sites is 1. The van der Waals surface area contributed by atoms with Crippen LogP contribution >= 0.6 is 11.3 Å². The van der Waals surface area contributed by atoms with Gasteiger partial charge in [-0.15, -0.1) is 21.5 Å².